The van der Waals surface area contributed by atoms with Gasteiger partial charge in [-0.1, -0.05) is 6.92 Å². The first-order valence-corrected chi connectivity index (χ1v) is 7.56. The highest BCUT2D eigenvalue weighted by molar-refractivity contribution is 4.77. The molecule has 3 heteroatoms. The second kappa shape index (κ2) is 7.34. The van der Waals surface area contributed by atoms with Gasteiger partial charge in [0.25, 0.3) is 0 Å². The highest BCUT2D eigenvalue weighted by atomic mass is 15.2. The van der Waals surface area contributed by atoms with Crippen LogP contribution in [0.2, 0.25) is 0 Å². The lowest BCUT2D eigenvalue weighted by molar-refractivity contribution is 0.188. The first kappa shape index (κ1) is 13.3. The number of likely N-dealkylation sites (tertiary alicyclic amines) is 2. The molecule has 0 atom stereocenters. The summed E-state index contributed by atoms with van der Waals surface area (Å²) in [6.07, 6.45) is 6.91. The summed E-state index contributed by atoms with van der Waals surface area (Å²) in [7, 11) is 0. The van der Waals surface area contributed by atoms with Crippen molar-refractivity contribution in [3.05, 3.63) is 0 Å². The molecule has 0 unspecified atom stereocenters. The normalized spacial score (nSPS) is 24.5. The number of hydrogen-bond donors (Lipinski definition) is 1. The van der Waals surface area contributed by atoms with E-state index in [1.54, 1.807) is 0 Å². The third kappa shape index (κ3) is 4.57. The molecule has 0 spiro atoms. The third-order valence-corrected chi connectivity index (χ3v) is 4.23. The van der Waals surface area contributed by atoms with E-state index in [4.69, 9.17) is 0 Å². The first-order valence-electron chi connectivity index (χ1n) is 7.56. The van der Waals surface area contributed by atoms with Gasteiger partial charge in [0.15, 0.2) is 0 Å². The van der Waals surface area contributed by atoms with E-state index in [-0.39, 0.29) is 0 Å². The van der Waals surface area contributed by atoms with Crippen molar-refractivity contribution in [2.45, 2.75) is 45.1 Å². The van der Waals surface area contributed by atoms with Gasteiger partial charge < -0.3 is 15.1 Å². The fourth-order valence-corrected chi connectivity index (χ4v) is 3.17. The van der Waals surface area contributed by atoms with Crippen molar-refractivity contribution in [1.82, 2.24) is 15.1 Å². The summed E-state index contributed by atoms with van der Waals surface area (Å²) in [6, 6.07) is 0.787. The Morgan fingerprint density at radius 3 is 2.12 bits per heavy atom. The van der Waals surface area contributed by atoms with Gasteiger partial charge in [-0.2, -0.15) is 0 Å². The summed E-state index contributed by atoms with van der Waals surface area (Å²) in [4.78, 5) is 5.29. The lowest BCUT2D eigenvalue weighted by atomic mass is 10.0. The zero-order valence-electron chi connectivity index (χ0n) is 11.5. The van der Waals surface area contributed by atoms with E-state index < -0.39 is 0 Å². The average molecular weight is 239 g/mol. The number of nitrogens with one attached hydrogen (secondary N) is 1. The van der Waals surface area contributed by atoms with Crippen molar-refractivity contribution in [2.24, 2.45) is 0 Å². The van der Waals surface area contributed by atoms with E-state index in [9.17, 15) is 0 Å². The molecule has 2 fully saturated rings. The lowest BCUT2D eigenvalue weighted by Crippen LogP contribution is -2.43. The summed E-state index contributed by atoms with van der Waals surface area (Å²) < 4.78 is 0. The van der Waals surface area contributed by atoms with Gasteiger partial charge in [-0.3, -0.25) is 0 Å². The van der Waals surface area contributed by atoms with Crippen molar-refractivity contribution in [1.29, 1.82) is 0 Å². The van der Waals surface area contributed by atoms with Gasteiger partial charge >= 0.3 is 0 Å². The minimum absolute atomic E-state index is 0.787. The van der Waals surface area contributed by atoms with Gasteiger partial charge in [0.05, 0.1) is 0 Å². The molecule has 100 valence electrons. The maximum atomic E-state index is 3.57. The van der Waals surface area contributed by atoms with E-state index in [2.05, 4.69) is 22.0 Å². The molecule has 2 aliphatic rings. The molecular weight excluding hydrogens is 210 g/mol. The molecule has 2 saturated heterocycles. The van der Waals surface area contributed by atoms with Crippen molar-refractivity contribution in [3.8, 4) is 0 Å². The van der Waals surface area contributed by atoms with E-state index in [1.165, 1.54) is 71.4 Å². The lowest BCUT2D eigenvalue weighted by Gasteiger charge is -2.32. The quantitative estimate of drug-likeness (QED) is 0.758. The Kier molecular flexibility index (Phi) is 5.75. The largest absolute Gasteiger partial charge is 0.314 e. The molecule has 1 N–H and O–H groups in total. The molecular formula is C14H29N3. The molecule has 0 radical (unpaired) electrons. The molecule has 0 aromatic heterocycles. The SMILES string of the molecule is CCNC1CCN(CCCN2CCCC2)CC1. The Hall–Kier alpha value is -0.120. The Labute approximate surface area is 107 Å². The minimum Gasteiger partial charge on any atom is -0.314 e. The third-order valence-electron chi connectivity index (χ3n) is 4.23. The standard InChI is InChI=1S/C14H29N3/c1-2-15-14-6-12-17(13-7-14)11-5-10-16-8-3-4-9-16/h14-15H,2-13H2,1H3. The zero-order chi connectivity index (χ0) is 11.9. The molecule has 0 saturated carbocycles. The topological polar surface area (TPSA) is 18.5 Å². The summed E-state index contributed by atoms with van der Waals surface area (Å²) in [6.45, 7) is 11.3. The molecule has 17 heavy (non-hydrogen) atoms. The summed E-state index contributed by atoms with van der Waals surface area (Å²) in [5.41, 5.74) is 0. The van der Waals surface area contributed by atoms with Gasteiger partial charge in [0.1, 0.15) is 0 Å². The van der Waals surface area contributed by atoms with E-state index in [0.29, 0.717) is 0 Å². The molecule has 2 rings (SSSR count). The van der Waals surface area contributed by atoms with Gasteiger partial charge in [-0.15, -0.1) is 0 Å². The fourth-order valence-electron chi connectivity index (χ4n) is 3.17. The summed E-state index contributed by atoms with van der Waals surface area (Å²) in [5, 5.41) is 3.57. The van der Waals surface area contributed by atoms with E-state index in [0.717, 1.165) is 12.6 Å². The number of hydrogen-bond acceptors (Lipinski definition) is 3. The Balaban J connectivity index is 1.52. The van der Waals surface area contributed by atoms with Crippen LogP contribution in [0.15, 0.2) is 0 Å². The average Bonchev–Trinajstić information content (AvgIpc) is 2.85. The van der Waals surface area contributed by atoms with Crippen molar-refractivity contribution in [2.75, 3.05) is 45.8 Å². The Morgan fingerprint density at radius 2 is 1.53 bits per heavy atom. The highest BCUT2D eigenvalue weighted by Gasteiger charge is 2.18. The van der Waals surface area contributed by atoms with Crippen LogP contribution in [0.1, 0.15) is 39.0 Å². The van der Waals surface area contributed by atoms with Crippen molar-refractivity contribution >= 4 is 0 Å². The molecule has 0 aromatic carbocycles. The Bertz CT molecular complexity index is 194. The van der Waals surface area contributed by atoms with Crippen molar-refractivity contribution < 1.29 is 0 Å². The van der Waals surface area contributed by atoms with Crippen LogP contribution in [0.5, 0.6) is 0 Å². The van der Waals surface area contributed by atoms with Crippen LogP contribution in [-0.4, -0.2) is 61.7 Å². The van der Waals surface area contributed by atoms with E-state index in [1.807, 2.05) is 0 Å². The van der Waals surface area contributed by atoms with Crippen molar-refractivity contribution in [3.63, 3.8) is 0 Å². The molecule has 0 bridgehead atoms. The van der Waals surface area contributed by atoms with Crippen LogP contribution in [-0.2, 0) is 0 Å². The van der Waals surface area contributed by atoms with Crippen LogP contribution in [0.25, 0.3) is 0 Å². The second-order valence-corrected chi connectivity index (χ2v) is 5.58. The highest BCUT2D eigenvalue weighted by Crippen LogP contribution is 2.12. The molecule has 0 aliphatic carbocycles. The minimum atomic E-state index is 0.787. The van der Waals surface area contributed by atoms with Crippen LogP contribution in [0.4, 0.5) is 0 Å². The predicted octanol–water partition coefficient (Wildman–Crippen LogP) is 1.55. The smallest absolute Gasteiger partial charge is 0.00912 e. The zero-order valence-corrected chi connectivity index (χ0v) is 11.5. The maximum absolute atomic E-state index is 3.57. The van der Waals surface area contributed by atoms with Gasteiger partial charge in [-0.05, 0) is 77.9 Å². The monoisotopic (exact) mass is 239 g/mol. The Morgan fingerprint density at radius 1 is 0.941 bits per heavy atom. The van der Waals surface area contributed by atoms with Crippen LogP contribution >= 0.6 is 0 Å². The van der Waals surface area contributed by atoms with Crippen LogP contribution in [0, 0.1) is 0 Å². The van der Waals surface area contributed by atoms with Gasteiger partial charge in [-0.25, -0.2) is 0 Å². The predicted molar refractivity (Wildman–Crippen MR) is 73.4 cm³/mol. The van der Waals surface area contributed by atoms with Gasteiger partial charge in [0, 0.05) is 6.04 Å². The number of piperidine rings is 1. The summed E-state index contributed by atoms with van der Waals surface area (Å²) in [5.74, 6) is 0. The second-order valence-electron chi connectivity index (χ2n) is 5.58. The van der Waals surface area contributed by atoms with Crippen LogP contribution < -0.4 is 5.32 Å². The number of rotatable bonds is 6. The number of nitrogens with zero attached hydrogens (tertiary/aromatic N) is 2. The fraction of sp³-hybridized carbons (Fsp3) is 1.00. The first-order chi connectivity index (χ1) is 8.38. The molecule has 2 heterocycles. The summed E-state index contributed by atoms with van der Waals surface area (Å²) >= 11 is 0. The molecule has 3 nitrogen and oxygen atoms in total. The van der Waals surface area contributed by atoms with E-state index >= 15 is 0 Å². The maximum Gasteiger partial charge on any atom is 0.00912 e. The molecule has 0 aromatic rings. The molecule has 2 aliphatic heterocycles. The van der Waals surface area contributed by atoms with Crippen LogP contribution in [0.3, 0.4) is 0 Å². The molecule has 0 amide bonds. The van der Waals surface area contributed by atoms with Gasteiger partial charge in [0.2, 0.25) is 0 Å².